The van der Waals surface area contributed by atoms with Gasteiger partial charge in [-0.3, -0.25) is 4.79 Å². The lowest BCUT2D eigenvalue weighted by Gasteiger charge is -2.37. The van der Waals surface area contributed by atoms with Crippen LogP contribution in [0.1, 0.15) is 44.2 Å². The van der Waals surface area contributed by atoms with Gasteiger partial charge < -0.3 is 10.6 Å². The predicted molar refractivity (Wildman–Crippen MR) is 112 cm³/mol. The van der Waals surface area contributed by atoms with Crippen molar-refractivity contribution in [1.29, 1.82) is 0 Å². The predicted octanol–water partition coefficient (Wildman–Crippen LogP) is 5.51. The van der Waals surface area contributed by atoms with Crippen LogP contribution in [0, 0.1) is 11.2 Å². The van der Waals surface area contributed by atoms with Gasteiger partial charge in [0.15, 0.2) is 0 Å². The van der Waals surface area contributed by atoms with Crippen LogP contribution in [0.3, 0.4) is 0 Å². The number of rotatable bonds is 2. The second-order valence-corrected chi connectivity index (χ2v) is 9.78. The first kappa shape index (κ1) is 19.7. The largest absolute Gasteiger partial charge is 0.325 e. The number of nitrogens with one attached hydrogen (secondary N) is 2. The Morgan fingerprint density at radius 2 is 1.96 bits per heavy atom. The molecule has 2 aromatic carbocycles. The molecule has 1 fully saturated rings. The smallest absolute Gasteiger partial charge is 0.237 e. The van der Waals surface area contributed by atoms with Gasteiger partial charge in [-0.15, -0.1) is 0 Å². The molecule has 2 N–H and O–H groups in total. The zero-order valence-corrected chi connectivity index (χ0v) is 17.6. The van der Waals surface area contributed by atoms with Gasteiger partial charge in [0.05, 0.1) is 10.4 Å². The summed E-state index contributed by atoms with van der Waals surface area (Å²) in [5, 5.41) is 7.15. The molecule has 0 bridgehead atoms. The fraction of sp³-hybridized carbons (Fsp3) is 0.409. The molecule has 4 rings (SSSR count). The molecule has 3 atom stereocenters. The average molecular weight is 421 g/mol. The van der Waals surface area contributed by atoms with Gasteiger partial charge >= 0.3 is 0 Å². The van der Waals surface area contributed by atoms with Crippen LogP contribution in [0.5, 0.6) is 0 Å². The van der Waals surface area contributed by atoms with E-state index in [1.165, 1.54) is 6.07 Å². The monoisotopic (exact) mass is 420 g/mol. The number of halogens is 3. The first-order chi connectivity index (χ1) is 13.1. The van der Waals surface area contributed by atoms with E-state index in [0.29, 0.717) is 22.8 Å². The quantitative estimate of drug-likeness (QED) is 0.671. The topological polar surface area (TPSA) is 41.1 Å². The number of carbonyl (C=O) groups excluding carboxylic acids is 1. The highest BCUT2D eigenvalue weighted by molar-refractivity contribution is 6.31. The summed E-state index contributed by atoms with van der Waals surface area (Å²) in [5.74, 6) is -0.948. The number of hydrogen-bond donors (Lipinski definition) is 2. The Balaban J connectivity index is 1.94. The lowest BCUT2D eigenvalue weighted by atomic mass is 9.64. The summed E-state index contributed by atoms with van der Waals surface area (Å²) in [7, 11) is 0. The number of amides is 1. The molecule has 6 heteroatoms. The summed E-state index contributed by atoms with van der Waals surface area (Å²) in [4.78, 5) is 13.5. The minimum absolute atomic E-state index is 0.0120. The number of fused-ring (bicyclic) bond motifs is 2. The molecule has 0 unspecified atom stereocenters. The van der Waals surface area contributed by atoms with E-state index in [-0.39, 0.29) is 28.3 Å². The van der Waals surface area contributed by atoms with Crippen LogP contribution in [0.4, 0.5) is 10.1 Å². The maximum Gasteiger partial charge on any atom is 0.237 e. The number of anilines is 1. The zero-order valence-electron chi connectivity index (χ0n) is 16.1. The van der Waals surface area contributed by atoms with Gasteiger partial charge in [-0.2, -0.15) is 0 Å². The molecular weight excluding hydrogens is 398 g/mol. The van der Waals surface area contributed by atoms with E-state index >= 15 is 4.39 Å². The second-order valence-electron chi connectivity index (χ2n) is 8.93. The van der Waals surface area contributed by atoms with Crippen molar-refractivity contribution in [1.82, 2.24) is 5.32 Å². The SMILES string of the molecule is CC(C)(C)C[C@H]1NC[C@@H](c2cccc(Cl)c2F)[C@]12C(=O)Nc1cc(Cl)ccc12. The molecule has 3 nitrogen and oxygen atoms in total. The van der Waals surface area contributed by atoms with Gasteiger partial charge in [0.25, 0.3) is 0 Å². The summed E-state index contributed by atoms with van der Waals surface area (Å²) in [6.07, 6.45) is 0.765. The number of carbonyl (C=O) groups is 1. The van der Waals surface area contributed by atoms with E-state index in [9.17, 15) is 4.79 Å². The van der Waals surface area contributed by atoms with Crippen molar-refractivity contribution in [3.63, 3.8) is 0 Å². The van der Waals surface area contributed by atoms with Crippen molar-refractivity contribution in [2.75, 3.05) is 11.9 Å². The molecule has 1 amide bonds. The Bertz CT molecular complexity index is 956. The van der Waals surface area contributed by atoms with Crippen molar-refractivity contribution in [2.24, 2.45) is 5.41 Å². The van der Waals surface area contributed by atoms with Crippen molar-refractivity contribution < 1.29 is 9.18 Å². The lowest BCUT2D eigenvalue weighted by molar-refractivity contribution is -0.121. The molecule has 0 radical (unpaired) electrons. The Kier molecular flexibility index (Phi) is 4.72. The van der Waals surface area contributed by atoms with Crippen molar-refractivity contribution in [2.45, 2.75) is 44.6 Å². The van der Waals surface area contributed by atoms with E-state index < -0.39 is 11.2 Å². The standard InChI is InChI=1S/C22H23Cl2FN2O/c1-21(2,3)10-18-22(14-8-7-12(23)9-17(14)27-20(22)28)15(11-26-18)13-5-4-6-16(24)19(13)25/h4-9,15,18,26H,10-11H2,1-3H3,(H,27,28)/t15-,18+,22-/m0/s1. The van der Waals surface area contributed by atoms with E-state index in [1.54, 1.807) is 24.3 Å². The van der Waals surface area contributed by atoms with E-state index in [2.05, 4.69) is 31.4 Å². The minimum Gasteiger partial charge on any atom is -0.325 e. The third-order valence-electron chi connectivity index (χ3n) is 5.89. The van der Waals surface area contributed by atoms with Gasteiger partial charge in [-0.25, -0.2) is 4.39 Å². The summed E-state index contributed by atoms with van der Waals surface area (Å²) < 4.78 is 15.0. The maximum atomic E-state index is 15.0. The first-order valence-electron chi connectivity index (χ1n) is 9.43. The molecule has 2 aromatic rings. The van der Waals surface area contributed by atoms with Gasteiger partial charge in [0.2, 0.25) is 5.91 Å². The van der Waals surface area contributed by atoms with Gasteiger partial charge in [0.1, 0.15) is 5.82 Å². The Morgan fingerprint density at radius 1 is 1.21 bits per heavy atom. The summed E-state index contributed by atoms with van der Waals surface area (Å²) in [6, 6.07) is 10.3. The molecule has 1 saturated heterocycles. The Hall–Kier alpha value is -1.62. The summed E-state index contributed by atoms with van der Waals surface area (Å²) >= 11 is 12.2. The van der Waals surface area contributed by atoms with Crippen molar-refractivity contribution in [3.05, 3.63) is 63.4 Å². The second kappa shape index (κ2) is 6.72. The van der Waals surface area contributed by atoms with Gasteiger partial charge in [0, 0.05) is 29.2 Å². The molecular formula is C22H23Cl2FN2O. The van der Waals surface area contributed by atoms with E-state index in [0.717, 1.165) is 12.0 Å². The lowest BCUT2D eigenvalue weighted by Crippen LogP contribution is -2.49. The molecule has 2 aliphatic heterocycles. The van der Waals surface area contributed by atoms with Crippen LogP contribution in [-0.4, -0.2) is 18.5 Å². The molecule has 148 valence electrons. The molecule has 2 aliphatic rings. The third-order valence-corrected chi connectivity index (χ3v) is 6.42. The van der Waals surface area contributed by atoms with E-state index in [4.69, 9.17) is 23.2 Å². The minimum atomic E-state index is -0.918. The Morgan fingerprint density at radius 3 is 2.68 bits per heavy atom. The molecule has 0 aromatic heterocycles. The van der Waals surface area contributed by atoms with Crippen molar-refractivity contribution >= 4 is 34.8 Å². The van der Waals surface area contributed by atoms with Gasteiger partial charge in [-0.05, 0) is 41.2 Å². The van der Waals surface area contributed by atoms with Crippen molar-refractivity contribution in [3.8, 4) is 0 Å². The molecule has 0 aliphatic carbocycles. The number of hydrogen-bond acceptors (Lipinski definition) is 2. The van der Waals surface area contributed by atoms with Crippen LogP contribution in [-0.2, 0) is 10.2 Å². The first-order valence-corrected chi connectivity index (χ1v) is 10.2. The zero-order chi connectivity index (χ0) is 20.3. The maximum absolute atomic E-state index is 15.0. The van der Waals surface area contributed by atoms with Gasteiger partial charge in [-0.1, -0.05) is 62.2 Å². The average Bonchev–Trinajstić information content (AvgIpc) is 3.09. The van der Waals surface area contributed by atoms with E-state index in [1.807, 2.05) is 6.07 Å². The summed E-state index contributed by atoms with van der Waals surface area (Å²) in [6.45, 7) is 6.93. The molecule has 1 spiro atoms. The van der Waals surface area contributed by atoms with Crippen LogP contribution in [0.15, 0.2) is 36.4 Å². The van der Waals surface area contributed by atoms with Crippen LogP contribution in [0.25, 0.3) is 0 Å². The van der Waals surface area contributed by atoms with Crippen LogP contribution >= 0.6 is 23.2 Å². The summed E-state index contributed by atoms with van der Waals surface area (Å²) in [5.41, 5.74) is 1.10. The fourth-order valence-electron chi connectivity index (χ4n) is 4.84. The van der Waals surface area contributed by atoms with Crippen LogP contribution < -0.4 is 10.6 Å². The highest BCUT2D eigenvalue weighted by Gasteiger charge is 2.61. The molecule has 2 heterocycles. The normalized spacial score (nSPS) is 26.6. The highest BCUT2D eigenvalue weighted by Crippen LogP contribution is 2.55. The highest BCUT2D eigenvalue weighted by atomic mass is 35.5. The molecule has 28 heavy (non-hydrogen) atoms. The molecule has 0 saturated carbocycles. The Labute approximate surface area is 174 Å². The third kappa shape index (κ3) is 2.94. The number of benzene rings is 2. The van der Waals surface area contributed by atoms with Crippen LogP contribution in [0.2, 0.25) is 10.0 Å². The fourth-order valence-corrected chi connectivity index (χ4v) is 5.19.